The fourth-order valence-electron chi connectivity index (χ4n) is 2.70. The molecule has 1 aromatic heterocycles. The third kappa shape index (κ3) is 2.34. The zero-order chi connectivity index (χ0) is 14.4. The molecule has 104 valence electrons. The minimum atomic E-state index is -0.891. The lowest BCUT2D eigenvalue weighted by molar-refractivity contribution is -0.141. The molecule has 19 heavy (non-hydrogen) atoms. The lowest BCUT2D eigenvalue weighted by Crippen LogP contribution is -2.29. The number of aromatic nitrogens is 2. The Kier molecular flexibility index (Phi) is 3.12. The van der Waals surface area contributed by atoms with Gasteiger partial charge in [0.2, 0.25) is 5.91 Å². The van der Waals surface area contributed by atoms with Crippen molar-refractivity contribution in [1.29, 1.82) is 0 Å². The smallest absolute Gasteiger partial charge is 0.307 e. The minimum Gasteiger partial charge on any atom is -0.481 e. The van der Waals surface area contributed by atoms with E-state index in [1.165, 1.54) is 0 Å². The van der Waals surface area contributed by atoms with E-state index in [1.54, 1.807) is 22.8 Å². The van der Waals surface area contributed by atoms with Gasteiger partial charge in [-0.05, 0) is 5.41 Å². The number of carbonyl (C=O) groups is 2. The Morgan fingerprint density at radius 2 is 2.11 bits per heavy atom. The second-order valence-electron chi connectivity index (χ2n) is 5.83. The molecule has 1 aliphatic rings. The maximum Gasteiger partial charge on any atom is 0.307 e. The molecule has 6 heteroatoms. The Balaban J connectivity index is 2.03. The van der Waals surface area contributed by atoms with E-state index in [2.05, 4.69) is 5.10 Å². The van der Waals surface area contributed by atoms with Crippen LogP contribution in [0.3, 0.4) is 0 Å². The van der Waals surface area contributed by atoms with Crippen LogP contribution < -0.4 is 0 Å². The molecule has 0 saturated heterocycles. The second kappa shape index (κ2) is 4.36. The highest BCUT2D eigenvalue weighted by atomic mass is 16.4. The number of aryl methyl sites for hydroxylation is 1. The van der Waals surface area contributed by atoms with Crippen molar-refractivity contribution in [2.45, 2.75) is 20.4 Å². The molecule has 2 atom stereocenters. The molecule has 1 saturated carbocycles. The molecule has 0 bridgehead atoms. The second-order valence-corrected chi connectivity index (χ2v) is 5.83. The van der Waals surface area contributed by atoms with Crippen molar-refractivity contribution in [2.75, 3.05) is 7.05 Å². The van der Waals surface area contributed by atoms with E-state index < -0.39 is 23.2 Å². The van der Waals surface area contributed by atoms with Gasteiger partial charge in [-0.1, -0.05) is 13.8 Å². The predicted molar refractivity (Wildman–Crippen MR) is 68.1 cm³/mol. The van der Waals surface area contributed by atoms with Crippen LogP contribution in [0.1, 0.15) is 19.4 Å². The van der Waals surface area contributed by atoms with Gasteiger partial charge in [0.05, 0.1) is 18.0 Å². The van der Waals surface area contributed by atoms with Crippen LogP contribution in [0.25, 0.3) is 0 Å². The van der Waals surface area contributed by atoms with Crippen LogP contribution in [0.2, 0.25) is 0 Å². The Morgan fingerprint density at radius 1 is 1.47 bits per heavy atom. The number of hydrogen-bond donors (Lipinski definition) is 1. The maximum atomic E-state index is 12.3. The summed E-state index contributed by atoms with van der Waals surface area (Å²) in [6, 6.07) is 0. The number of aliphatic carboxylic acids is 1. The minimum absolute atomic E-state index is 0.110. The number of rotatable bonds is 4. The van der Waals surface area contributed by atoms with E-state index in [-0.39, 0.29) is 5.91 Å². The third-order valence-electron chi connectivity index (χ3n) is 3.91. The van der Waals surface area contributed by atoms with Gasteiger partial charge >= 0.3 is 5.97 Å². The maximum absolute atomic E-state index is 12.3. The summed E-state index contributed by atoms with van der Waals surface area (Å²) in [6.45, 7) is 4.10. The molecular weight excluding hydrogens is 246 g/mol. The average Bonchev–Trinajstić information content (AvgIpc) is 2.63. The zero-order valence-electron chi connectivity index (χ0n) is 11.6. The summed E-state index contributed by atoms with van der Waals surface area (Å²) in [6.07, 6.45) is 3.55. The van der Waals surface area contributed by atoms with Crippen LogP contribution in [0.5, 0.6) is 0 Å². The molecular formula is C13H19N3O3. The van der Waals surface area contributed by atoms with Gasteiger partial charge < -0.3 is 10.0 Å². The monoisotopic (exact) mass is 265 g/mol. The molecule has 0 aliphatic heterocycles. The summed E-state index contributed by atoms with van der Waals surface area (Å²) in [4.78, 5) is 25.0. The van der Waals surface area contributed by atoms with Crippen molar-refractivity contribution in [1.82, 2.24) is 14.7 Å². The van der Waals surface area contributed by atoms with Crippen LogP contribution in [0.15, 0.2) is 12.4 Å². The van der Waals surface area contributed by atoms with Gasteiger partial charge in [-0.15, -0.1) is 0 Å². The third-order valence-corrected chi connectivity index (χ3v) is 3.91. The fourth-order valence-corrected chi connectivity index (χ4v) is 2.70. The summed E-state index contributed by atoms with van der Waals surface area (Å²) in [5.74, 6) is -2.00. The highest BCUT2D eigenvalue weighted by Crippen LogP contribution is 2.58. The highest BCUT2D eigenvalue weighted by molar-refractivity contribution is 5.91. The van der Waals surface area contributed by atoms with Gasteiger partial charge in [-0.2, -0.15) is 5.10 Å². The fraction of sp³-hybridized carbons (Fsp3) is 0.615. The number of hydrogen-bond acceptors (Lipinski definition) is 3. The van der Waals surface area contributed by atoms with Crippen molar-refractivity contribution < 1.29 is 14.7 Å². The molecule has 1 aromatic rings. The summed E-state index contributed by atoms with van der Waals surface area (Å²) < 4.78 is 1.68. The van der Waals surface area contributed by atoms with Crippen LogP contribution in [0.4, 0.5) is 0 Å². The number of amides is 1. The normalized spacial score (nSPS) is 24.0. The summed E-state index contributed by atoms with van der Waals surface area (Å²) >= 11 is 0. The molecule has 0 radical (unpaired) electrons. The summed E-state index contributed by atoms with van der Waals surface area (Å²) in [5, 5.41) is 13.1. The first-order valence-electron chi connectivity index (χ1n) is 6.20. The van der Waals surface area contributed by atoms with E-state index in [4.69, 9.17) is 5.11 Å². The van der Waals surface area contributed by atoms with Gasteiger partial charge in [0.1, 0.15) is 0 Å². The Morgan fingerprint density at radius 3 is 2.53 bits per heavy atom. The molecule has 2 unspecified atom stereocenters. The zero-order valence-corrected chi connectivity index (χ0v) is 11.6. The lowest BCUT2D eigenvalue weighted by atomic mass is 10.1. The Bertz CT molecular complexity index is 521. The average molecular weight is 265 g/mol. The molecule has 1 amide bonds. The van der Waals surface area contributed by atoms with E-state index in [0.29, 0.717) is 6.54 Å². The quantitative estimate of drug-likeness (QED) is 0.871. The van der Waals surface area contributed by atoms with Crippen LogP contribution in [-0.2, 0) is 23.2 Å². The Hall–Kier alpha value is -1.85. The standard InChI is InChI=1S/C13H19N3O3/c1-13(2)9(10(13)12(18)19)11(17)15(3)6-8-5-14-16(4)7-8/h5,7,9-10H,6H2,1-4H3,(H,18,19). The van der Waals surface area contributed by atoms with Crippen LogP contribution in [0, 0.1) is 17.3 Å². The number of carboxylic acids is 1. The van der Waals surface area contributed by atoms with E-state index in [0.717, 1.165) is 5.56 Å². The first-order chi connectivity index (χ1) is 8.75. The van der Waals surface area contributed by atoms with E-state index in [9.17, 15) is 9.59 Å². The Labute approximate surface area is 112 Å². The molecule has 0 aromatic carbocycles. The number of nitrogens with zero attached hydrogens (tertiary/aromatic N) is 3. The van der Waals surface area contributed by atoms with Crippen molar-refractivity contribution >= 4 is 11.9 Å². The van der Waals surface area contributed by atoms with Crippen LogP contribution in [-0.4, -0.2) is 38.7 Å². The molecule has 2 rings (SSSR count). The molecule has 6 nitrogen and oxygen atoms in total. The van der Waals surface area contributed by atoms with Gasteiger partial charge in [0.25, 0.3) is 0 Å². The largest absolute Gasteiger partial charge is 0.481 e. The number of carboxylic acid groups (broad SMARTS) is 1. The van der Waals surface area contributed by atoms with Gasteiger partial charge in [0.15, 0.2) is 0 Å². The van der Waals surface area contributed by atoms with E-state index >= 15 is 0 Å². The van der Waals surface area contributed by atoms with Crippen molar-refractivity contribution in [3.8, 4) is 0 Å². The molecule has 0 spiro atoms. The topological polar surface area (TPSA) is 75.4 Å². The van der Waals surface area contributed by atoms with Crippen molar-refractivity contribution in [3.05, 3.63) is 18.0 Å². The SMILES string of the molecule is CN(Cc1cnn(C)c1)C(=O)C1C(C(=O)O)C1(C)C. The van der Waals surface area contributed by atoms with E-state index in [1.807, 2.05) is 27.1 Å². The molecule has 1 N–H and O–H groups in total. The van der Waals surface area contributed by atoms with Crippen molar-refractivity contribution in [2.24, 2.45) is 24.3 Å². The highest BCUT2D eigenvalue weighted by Gasteiger charge is 2.66. The lowest BCUT2D eigenvalue weighted by Gasteiger charge is -2.17. The van der Waals surface area contributed by atoms with Gasteiger partial charge in [0, 0.05) is 32.4 Å². The predicted octanol–water partition coefficient (Wildman–Crippen LogP) is 0.735. The number of carbonyl (C=O) groups excluding carboxylic acids is 1. The van der Waals surface area contributed by atoms with Crippen molar-refractivity contribution in [3.63, 3.8) is 0 Å². The molecule has 1 heterocycles. The van der Waals surface area contributed by atoms with Crippen LogP contribution >= 0.6 is 0 Å². The molecule has 1 aliphatic carbocycles. The summed E-state index contributed by atoms with van der Waals surface area (Å²) in [5.41, 5.74) is 0.482. The first-order valence-corrected chi connectivity index (χ1v) is 6.20. The van der Waals surface area contributed by atoms with Gasteiger partial charge in [-0.3, -0.25) is 14.3 Å². The van der Waals surface area contributed by atoms with Gasteiger partial charge in [-0.25, -0.2) is 0 Å². The molecule has 1 fully saturated rings. The summed E-state index contributed by atoms with van der Waals surface area (Å²) in [7, 11) is 3.51. The first kappa shape index (κ1) is 13.6.